The molecule has 1 saturated carbocycles. The first-order valence-corrected chi connectivity index (χ1v) is 11.2. The molecular formula is C21H25N3O4S. The molecule has 3 rings (SSSR count). The van der Waals surface area contributed by atoms with Crippen molar-refractivity contribution in [1.82, 2.24) is 10.0 Å². The van der Waals surface area contributed by atoms with Gasteiger partial charge in [0.25, 0.3) is 11.8 Å². The third kappa shape index (κ3) is 5.42. The number of rotatable bonds is 7. The first kappa shape index (κ1) is 21.0. The number of sulfonamides is 1. The summed E-state index contributed by atoms with van der Waals surface area (Å²) in [5.74, 6) is -0.675. The molecule has 2 aromatic rings. The van der Waals surface area contributed by atoms with Gasteiger partial charge in [-0.25, -0.2) is 13.1 Å². The van der Waals surface area contributed by atoms with E-state index in [1.54, 1.807) is 36.4 Å². The first-order chi connectivity index (χ1) is 13.9. The second-order valence-corrected chi connectivity index (χ2v) is 8.74. The van der Waals surface area contributed by atoms with Crippen molar-refractivity contribution in [2.75, 3.05) is 11.9 Å². The largest absolute Gasteiger partial charge is 0.352 e. The molecule has 0 heterocycles. The van der Waals surface area contributed by atoms with Gasteiger partial charge >= 0.3 is 0 Å². The normalized spacial score (nSPS) is 14.5. The molecule has 7 nitrogen and oxygen atoms in total. The zero-order valence-electron chi connectivity index (χ0n) is 16.3. The Morgan fingerprint density at radius 1 is 0.966 bits per heavy atom. The van der Waals surface area contributed by atoms with Crippen molar-refractivity contribution in [3.05, 3.63) is 59.7 Å². The molecule has 154 valence electrons. The number of carbonyl (C=O) groups excluding carboxylic acids is 2. The van der Waals surface area contributed by atoms with Gasteiger partial charge in [0.1, 0.15) is 0 Å². The lowest BCUT2D eigenvalue weighted by Gasteiger charge is -2.13. The molecule has 0 unspecified atom stereocenters. The van der Waals surface area contributed by atoms with Crippen LogP contribution in [0.5, 0.6) is 0 Å². The molecule has 0 radical (unpaired) electrons. The van der Waals surface area contributed by atoms with Gasteiger partial charge in [-0.3, -0.25) is 9.59 Å². The molecule has 2 amide bonds. The standard InChI is InChI=1S/C21H25N3O4S/c1-2-22-20(25)15-7-5-11-18(13-15)23-21(26)16-8-6-12-19(14-16)29(27,28)24-17-9-3-4-10-17/h5-8,11-14,17,24H,2-4,9-10H2,1H3,(H,22,25)(H,23,26). The zero-order valence-corrected chi connectivity index (χ0v) is 17.1. The molecule has 2 aromatic carbocycles. The average Bonchev–Trinajstić information content (AvgIpc) is 3.21. The van der Waals surface area contributed by atoms with E-state index < -0.39 is 15.9 Å². The van der Waals surface area contributed by atoms with E-state index in [0.29, 0.717) is 17.8 Å². The Bertz CT molecular complexity index is 998. The monoisotopic (exact) mass is 415 g/mol. The molecule has 0 saturated heterocycles. The lowest BCUT2D eigenvalue weighted by Crippen LogP contribution is -2.32. The van der Waals surface area contributed by atoms with Gasteiger partial charge in [-0.1, -0.05) is 25.0 Å². The SMILES string of the molecule is CCNC(=O)c1cccc(NC(=O)c2cccc(S(=O)(=O)NC3CCCC3)c2)c1. The number of amides is 2. The quantitative estimate of drug-likeness (QED) is 0.647. The molecule has 29 heavy (non-hydrogen) atoms. The van der Waals surface area contributed by atoms with Crippen LogP contribution in [0.2, 0.25) is 0 Å². The summed E-state index contributed by atoms with van der Waals surface area (Å²) in [6.07, 6.45) is 3.71. The lowest BCUT2D eigenvalue weighted by atomic mass is 10.1. The highest BCUT2D eigenvalue weighted by atomic mass is 32.2. The molecule has 1 fully saturated rings. The van der Waals surface area contributed by atoms with E-state index in [2.05, 4.69) is 15.4 Å². The minimum atomic E-state index is -3.68. The fourth-order valence-corrected chi connectivity index (χ4v) is 4.69. The summed E-state index contributed by atoms with van der Waals surface area (Å²) in [7, 11) is -3.68. The van der Waals surface area contributed by atoms with Crippen LogP contribution in [0.15, 0.2) is 53.4 Å². The molecule has 0 bridgehead atoms. The summed E-state index contributed by atoms with van der Waals surface area (Å²) >= 11 is 0. The fraction of sp³-hybridized carbons (Fsp3) is 0.333. The van der Waals surface area contributed by atoms with Gasteiger partial charge in [0.2, 0.25) is 10.0 Å². The van der Waals surface area contributed by atoms with Gasteiger partial charge in [0, 0.05) is 29.4 Å². The van der Waals surface area contributed by atoms with E-state index in [0.717, 1.165) is 25.7 Å². The third-order valence-corrected chi connectivity index (χ3v) is 6.32. The number of hydrogen-bond donors (Lipinski definition) is 3. The summed E-state index contributed by atoms with van der Waals surface area (Å²) in [6, 6.07) is 12.5. The second-order valence-electron chi connectivity index (χ2n) is 7.02. The molecular weight excluding hydrogens is 390 g/mol. The zero-order chi connectivity index (χ0) is 20.9. The van der Waals surface area contributed by atoms with Gasteiger partial charge in [0.05, 0.1) is 4.90 Å². The van der Waals surface area contributed by atoms with Crippen LogP contribution in [0.1, 0.15) is 53.3 Å². The Kier molecular flexibility index (Phi) is 6.66. The number of hydrogen-bond acceptors (Lipinski definition) is 4. The molecule has 8 heteroatoms. The molecule has 0 atom stereocenters. The van der Waals surface area contributed by atoms with Crippen molar-refractivity contribution < 1.29 is 18.0 Å². The highest BCUT2D eigenvalue weighted by Gasteiger charge is 2.23. The van der Waals surface area contributed by atoms with Crippen LogP contribution in [-0.4, -0.2) is 32.8 Å². The van der Waals surface area contributed by atoms with Gasteiger partial charge in [-0.05, 0) is 56.2 Å². The number of anilines is 1. The van der Waals surface area contributed by atoms with Crippen LogP contribution >= 0.6 is 0 Å². The fourth-order valence-electron chi connectivity index (χ4n) is 3.34. The van der Waals surface area contributed by atoms with Crippen molar-refractivity contribution in [2.24, 2.45) is 0 Å². The lowest BCUT2D eigenvalue weighted by molar-refractivity contribution is 0.0954. The van der Waals surface area contributed by atoms with Crippen molar-refractivity contribution >= 4 is 27.5 Å². The van der Waals surface area contributed by atoms with E-state index in [1.807, 2.05) is 6.92 Å². The maximum absolute atomic E-state index is 12.6. The maximum Gasteiger partial charge on any atom is 0.255 e. The Labute approximate surface area is 171 Å². The van der Waals surface area contributed by atoms with Crippen LogP contribution in [0, 0.1) is 0 Å². The second kappa shape index (κ2) is 9.19. The topological polar surface area (TPSA) is 104 Å². The minimum absolute atomic E-state index is 0.0468. The maximum atomic E-state index is 12.6. The van der Waals surface area contributed by atoms with Gasteiger partial charge < -0.3 is 10.6 Å². The Morgan fingerprint density at radius 2 is 1.62 bits per heavy atom. The van der Waals surface area contributed by atoms with Crippen LogP contribution in [0.25, 0.3) is 0 Å². The highest BCUT2D eigenvalue weighted by molar-refractivity contribution is 7.89. The molecule has 1 aliphatic carbocycles. The van der Waals surface area contributed by atoms with E-state index in [9.17, 15) is 18.0 Å². The predicted molar refractivity (Wildman–Crippen MR) is 111 cm³/mol. The van der Waals surface area contributed by atoms with E-state index >= 15 is 0 Å². The molecule has 0 aromatic heterocycles. The summed E-state index contributed by atoms with van der Waals surface area (Å²) in [5.41, 5.74) is 1.11. The van der Waals surface area contributed by atoms with Crippen LogP contribution in [-0.2, 0) is 10.0 Å². The number of carbonyl (C=O) groups is 2. The number of benzene rings is 2. The Balaban J connectivity index is 1.74. The summed E-state index contributed by atoms with van der Waals surface area (Å²) in [4.78, 5) is 24.6. The van der Waals surface area contributed by atoms with Gasteiger partial charge in [0.15, 0.2) is 0 Å². The third-order valence-electron chi connectivity index (χ3n) is 4.80. The predicted octanol–water partition coefficient (Wildman–Crippen LogP) is 2.91. The summed E-state index contributed by atoms with van der Waals surface area (Å²) in [5, 5.41) is 5.42. The average molecular weight is 416 g/mol. The van der Waals surface area contributed by atoms with Crippen molar-refractivity contribution in [1.29, 1.82) is 0 Å². The summed E-state index contributed by atoms with van der Waals surface area (Å²) in [6.45, 7) is 2.33. The first-order valence-electron chi connectivity index (χ1n) is 9.71. The van der Waals surface area contributed by atoms with Crippen LogP contribution in [0.3, 0.4) is 0 Å². The van der Waals surface area contributed by atoms with Crippen LogP contribution in [0.4, 0.5) is 5.69 Å². The highest BCUT2D eigenvalue weighted by Crippen LogP contribution is 2.21. The van der Waals surface area contributed by atoms with E-state index in [-0.39, 0.29) is 22.4 Å². The smallest absolute Gasteiger partial charge is 0.255 e. The van der Waals surface area contributed by atoms with E-state index in [4.69, 9.17) is 0 Å². The summed E-state index contributed by atoms with van der Waals surface area (Å²) < 4.78 is 27.9. The molecule has 0 aliphatic heterocycles. The Morgan fingerprint density at radius 3 is 2.31 bits per heavy atom. The van der Waals surface area contributed by atoms with E-state index in [1.165, 1.54) is 12.1 Å². The number of nitrogens with one attached hydrogen (secondary N) is 3. The Hall–Kier alpha value is -2.71. The van der Waals surface area contributed by atoms with Crippen molar-refractivity contribution in [3.63, 3.8) is 0 Å². The molecule has 3 N–H and O–H groups in total. The minimum Gasteiger partial charge on any atom is -0.352 e. The molecule has 0 spiro atoms. The molecule has 1 aliphatic rings. The van der Waals surface area contributed by atoms with Crippen molar-refractivity contribution in [2.45, 2.75) is 43.5 Å². The van der Waals surface area contributed by atoms with Gasteiger partial charge in [-0.15, -0.1) is 0 Å². The van der Waals surface area contributed by atoms with Crippen LogP contribution < -0.4 is 15.4 Å². The van der Waals surface area contributed by atoms with Gasteiger partial charge in [-0.2, -0.15) is 0 Å². The van der Waals surface area contributed by atoms with Crippen molar-refractivity contribution in [3.8, 4) is 0 Å².